The van der Waals surface area contributed by atoms with Crippen molar-refractivity contribution >= 4 is 11.8 Å². The predicted octanol–water partition coefficient (Wildman–Crippen LogP) is 3.11. The van der Waals surface area contributed by atoms with Crippen LogP contribution in [0.5, 0.6) is 0 Å². The molecule has 22 heavy (non-hydrogen) atoms. The van der Waals surface area contributed by atoms with E-state index in [4.69, 9.17) is 0 Å². The molecule has 0 bridgehead atoms. The molecule has 0 saturated carbocycles. The number of nitrogens with one attached hydrogen (secondary N) is 1. The Kier molecular flexibility index (Phi) is 4.72. The number of carbonyl (C=O) groups excluding carboxylic acids is 2. The van der Waals surface area contributed by atoms with E-state index in [0.717, 1.165) is 25.7 Å². The highest BCUT2D eigenvalue weighted by Crippen LogP contribution is 2.36. The summed E-state index contributed by atoms with van der Waals surface area (Å²) in [5, 5.41) is 3.62. The molecule has 0 radical (unpaired) electrons. The second kappa shape index (κ2) is 5.95. The van der Waals surface area contributed by atoms with Crippen molar-refractivity contribution in [1.82, 2.24) is 10.2 Å². The molecular formula is C18H32N2O2. The molecule has 2 atom stereocenters. The van der Waals surface area contributed by atoms with Gasteiger partial charge in [-0.1, -0.05) is 20.3 Å². The zero-order valence-electron chi connectivity index (χ0n) is 15.0. The van der Waals surface area contributed by atoms with Gasteiger partial charge in [0, 0.05) is 29.5 Å². The van der Waals surface area contributed by atoms with E-state index >= 15 is 0 Å². The van der Waals surface area contributed by atoms with Gasteiger partial charge in [-0.3, -0.25) is 14.5 Å². The highest BCUT2D eigenvalue weighted by molar-refractivity contribution is 6.03. The van der Waals surface area contributed by atoms with Gasteiger partial charge >= 0.3 is 0 Å². The summed E-state index contributed by atoms with van der Waals surface area (Å²) in [7, 11) is 0. The summed E-state index contributed by atoms with van der Waals surface area (Å²) >= 11 is 0. The second-order valence-electron chi connectivity index (χ2n) is 8.71. The van der Waals surface area contributed by atoms with Crippen molar-refractivity contribution < 1.29 is 9.59 Å². The summed E-state index contributed by atoms with van der Waals surface area (Å²) < 4.78 is 0. The maximum atomic E-state index is 12.8. The van der Waals surface area contributed by atoms with Gasteiger partial charge in [-0.2, -0.15) is 0 Å². The lowest BCUT2D eigenvalue weighted by molar-refractivity contribution is -0.144. The molecule has 2 rings (SSSR count). The Morgan fingerprint density at radius 3 is 2.23 bits per heavy atom. The molecule has 2 heterocycles. The van der Waals surface area contributed by atoms with E-state index in [1.807, 2.05) is 0 Å². The molecule has 0 aromatic heterocycles. The molecule has 4 heteroatoms. The minimum atomic E-state index is -0.0939. The van der Waals surface area contributed by atoms with Crippen LogP contribution in [0.1, 0.15) is 73.6 Å². The molecule has 0 aromatic carbocycles. The molecule has 2 fully saturated rings. The smallest absolute Gasteiger partial charge is 0.233 e. The summed E-state index contributed by atoms with van der Waals surface area (Å²) in [4.78, 5) is 26.9. The Labute approximate surface area is 135 Å². The van der Waals surface area contributed by atoms with E-state index in [2.05, 4.69) is 46.9 Å². The first kappa shape index (κ1) is 17.5. The lowest BCUT2D eigenvalue weighted by Gasteiger charge is -2.48. The molecule has 4 nitrogen and oxygen atoms in total. The van der Waals surface area contributed by atoms with Crippen LogP contribution in [0.15, 0.2) is 0 Å². The number of hydrogen-bond acceptors (Lipinski definition) is 3. The fraction of sp³-hybridized carbons (Fsp3) is 0.889. The summed E-state index contributed by atoms with van der Waals surface area (Å²) in [6, 6.07) is 0.0354. The van der Waals surface area contributed by atoms with Crippen LogP contribution in [0, 0.1) is 11.8 Å². The summed E-state index contributed by atoms with van der Waals surface area (Å²) in [5.74, 6) is 0.520. The quantitative estimate of drug-likeness (QED) is 0.812. The Morgan fingerprint density at radius 1 is 1.18 bits per heavy atom. The summed E-state index contributed by atoms with van der Waals surface area (Å²) in [6.07, 6.45) is 3.99. The number of amides is 2. The largest absolute Gasteiger partial charge is 0.307 e. The third kappa shape index (κ3) is 3.70. The van der Waals surface area contributed by atoms with Gasteiger partial charge in [-0.15, -0.1) is 0 Å². The maximum absolute atomic E-state index is 12.8. The highest BCUT2D eigenvalue weighted by Gasteiger charge is 2.47. The van der Waals surface area contributed by atoms with E-state index in [-0.39, 0.29) is 34.9 Å². The van der Waals surface area contributed by atoms with Gasteiger partial charge in [0.25, 0.3) is 0 Å². The molecular weight excluding hydrogens is 276 g/mol. The van der Waals surface area contributed by atoms with Gasteiger partial charge in [0.1, 0.15) is 0 Å². The third-order valence-corrected chi connectivity index (χ3v) is 5.19. The average molecular weight is 308 g/mol. The first-order valence-electron chi connectivity index (χ1n) is 8.70. The standard InChI is InChI=1S/C18H32N2O2/c1-7-12(2)8-13-9-15(21)20(16(13)22)14-10-17(3,4)19-18(5,6)11-14/h12-14,19H,7-11H2,1-6H3. The van der Waals surface area contributed by atoms with Crippen molar-refractivity contribution in [3.63, 3.8) is 0 Å². The van der Waals surface area contributed by atoms with Crippen LogP contribution in [0.2, 0.25) is 0 Å². The molecule has 0 aliphatic carbocycles. The Balaban J connectivity index is 2.14. The maximum Gasteiger partial charge on any atom is 0.233 e. The number of piperidine rings is 1. The Bertz CT molecular complexity index is 440. The first-order chi connectivity index (χ1) is 10.0. The number of likely N-dealkylation sites (tertiary alicyclic amines) is 1. The second-order valence-corrected chi connectivity index (χ2v) is 8.71. The summed E-state index contributed by atoms with van der Waals surface area (Å²) in [6.45, 7) is 12.9. The van der Waals surface area contributed by atoms with Crippen molar-refractivity contribution in [2.75, 3.05) is 0 Å². The van der Waals surface area contributed by atoms with Crippen LogP contribution in [0.4, 0.5) is 0 Å². The molecule has 2 amide bonds. The molecule has 2 saturated heterocycles. The van der Waals surface area contributed by atoms with Crippen LogP contribution in [0.3, 0.4) is 0 Å². The number of imide groups is 1. The van der Waals surface area contributed by atoms with Gasteiger partial charge in [-0.05, 0) is 52.9 Å². The molecule has 2 aliphatic rings. The van der Waals surface area contributed by atoms with E-state index in [1.165, 1.54) is 0 Å². The minimum absolute atomic E-state index is 0.0354. The molecule has 2 unspecified atom stereocenters. The highest BCUT2D eigenvalue weighted by atomic mass is 16.2. The van der Waals surface area contributed by atoms with Gasteiger partial charge < -0.3 is 5.32 Å². The topological polar surface area (TPSA) is 49.4 Å². The summed E-state index contributed by atoms with van der Waals surface area (Å²) in [5.41, 5.74) is -0.108. The van der Waals surface area contributed by atoms with E-state index in [9.17, 15) is 9.59 Å². The lowest BCUT2D eigenvalue weighted by atomic mass is 9.79. The van der Waals surface area contributed by atoms with E-state index in [0.29, 0.717) is 12.3 Å². The Morgan fingerprint density at radius 2 is 1.73 bits per heavy atom. The number of hydrogen-bond donors (Lipinski definition) is 1. The minimum Gasteiger partial charge on any atom is -0.307 e. The third-order valence-electron chi connectivity index (χ3n) is 5.19. The van der Waals surface area contributed by atoms with Crippen LogP contribution in [-0.2, 0) is 9.59 Å². The normalized spacial score (nSPS) is 29.9. The van der Waals surface area contributed by atoms with Crippen LogP contribution in [-0.4, -0.2) is 33.8 Å². The fourth-order valence-corrected chi connectivity index (χ4v) is 4.39. The zero-order chi connectivity index (χ0) is 16.7. The zero-order valence-corrected chi connectivity index (χ0v) is 15.0. The lowest BCUT2D eigenvalue weighted by Crippen LogP contribution is -2.62. The molecule has 0 spiro atoms. The van der Waals surface area contributed by atoms with Gasteiger partial charge in [0.05, 0.1) is 0 Å². The van der Waals surface area contributed by atoms with Crippen molar-refractivity contribution in [3.8, 4) is 0 Å². The molecule has 0 aromatic rings. The monoisotopic (exact) mass is 308 g/mol. The number of rotatable bonds is 4. The van der Waals surface area contributed by atoms with Crippen LogP contribution in [0.25, 0.3) is 0 Å². The van der Waals surface area contributed by atoms with Crippen molar-refractivity contribution in [2.24, 2.45) is 11.8 Å². The van der Waals surface area contributed by atoms with Crippen molar-refractivity contribution in [2.45, 2.75) is 90.8 Å². The number of nitrogens with zero attached hydrogens (tertiary/aromatic N) is 1. The average Bonchev–Trinajstić information content (AvgIpc) is 2.60. The van der Waals surface area contributed by atoms with Crippen LogP contribution < -0.4 is 5.32 Å². The predicted molar refractivity (Wildman–Crippen MR) is 88.3 cm³/mol. The molecule has 2 aliphatic heterocycles. The molecule has 126 valence electrons. The van der Waals surface area contributed by atoms with E-state index < -0.39 is 0 Å². The van der Waals surface area contributed by atoms with Crippen LogP contribution >= 0.6 is 0 Å². The SMILES string of the molecule is CCC(C)CC1CC(=O)N(C2CC(C)(C)NC(C)(C)C2)C1=O. The van der Waals surface area contributed by atoms with Crippen molar-refractivity contribution in [1.29, 1.82) is 0 Å². The van der Waals surface area contributed by atoms with Gasteiger partial charge in [0.2, 0.25) is 11.8 Å². The van der Waals surface area contributed by atoms with Crippen molar-refractivity contribution in [3.05, 3.63) is 0 Å². The molecule has 1 N–H and O–H groups in total. The van der Waals surface area contributed by atoms with Gasteiger partial charge in [0.15, 0.2) is 0 Å². The first-order valence-corrected chi connectivity index (χ1v) is 8.70. The van der Waals surface area contributed by atoms with Gasteiger partial charge in [-0.25, -0.2) is 0 Å². The Hall–Kier alpha value is -0.900. The number of carbonyl (C=O) groups is 2. The van der Waals surface area contributed by atoms with E-state index in [1.54, 1.807) is 4.90 Å². The fourth-order valence-electron chi connectivity index (χ4n) is 4.39.